The number of para-hydroxylation sites is 1. The number of benzene rings is 3. The summed E-state index contributed by atoms with van der Waals surface area (Å²) in [7, 11) is 0. The summed E-state index contributed by atoms with van der Waals surface area (Å²) in [5, 5.41) is 22.0. The van der Waals surface area contributed by atoms with Crippen LogP contribution >= 0.6 is 35.3 Å². The van der Waals surface area contributed by atoms with E-state index in [1.807, 2.05) is 49.4 Å². The predicted octanol–water partition coefficient (Wildman–Crippen LogP) is 7.70. The van der Waals surface area contributed by atoms with Gasteiger partial charge in [0.25, 0.3) is 5.91 Å². The molecule has 0 aliphatic rings. The van der Waals surface area contributed by atoms with Crippen LogP contribution in [0.3, 0.4) is 0 Å². The zero-order valence-electron chi connectivity index (χ0n) is 23.7. The Kier molecular flexibility index (Phi) is 10.7. The predicted molar refractivity (Wildman–Crippen MR) is 179 cm³/mol. The summed E-state index contributed by atoms with van der Waals surface area (Å²) in [5.74, 6) is -0.602. The van der Waals surface area contributed by atoms with Crippen molar-refractivity contribution in [3.05, 3.63) is 100 Å². The van der Waals surface area contributed by atoms with Gasteiger partial charge in [0.15, 0.2) is 10.9 Å². The number of carbonyl (C=O) groups is 3. The second-order valence-electron chi connectivity index (χ2n) is 9.44. The lowest BCUT2D eigenvalue weighted by atomic mass is 10.1. The van der Waals surface area contributed by atoms with Gasteiger partial charge in [-0.1, -0.05) is 31.2 Å². The Hall–Kier alpha value is -4.50. The van der Waals surface area contributed by atoms with Gasteiger partial charge in [-0.25, -0.2) is 0 Å². The number of carbonyl (C=O) groups excluding carboxylic acids is 3. The Morgan fingerprint density at radius 2 is 1.56 bits per heavy atom. The Morgan fingerprint density at radius 1 is 0.907 bits per heavy atom. The summed E-state index contributed by atoms with van der Waals surface area (Å²) in [4.78, 5) is 39.0. The molecule has 1 unspecified atom stereocenters. The van der Waals surface area contributed by atoms with E-state index >= 15 is 0 Å². The number of Topliss-reactive ketones (excluding diaryl/α,β-unsaturated/α-hetero) is 1. The van der Waals surface area contributed by atoms with Crippen LogP contribution in [0.5, 0.6) is 0 Å². The minimum absolute atomic E-state index is 0.00683. The molecule has 1 aromatic heterocycles. The number of thiocarbonyl (C=S) groups is 1. The molecule has 218 valence electrons. The SMILES string of the molecule is CCC(Sc1cccc(NC(=S)Nc2ccc(C(C)=O)cc2)c1)C(=O)Nc1sc(C(=O)Nc2ccccc2)c(C)c1C#N. The fourth-order valence-electron chi connectivity index (χ4n) is 4.07. The Balaban J connectivity index is 1.40. The first kappa shape index (κ1) is 31.4. The molecule has 0 aliphatic heterocycles. The maximum absolute atomic E-state index is 13.3. The first-order valence-corrected chi connectivity index (χ1v) is 15.5. The molecule has 0 aliphatic carbocycles. The molecule has 4 aromatic rings. The largest absolute Gasteiger partial charge is 0.332 e. The molecule has 0 fully saturated rings. The molecular weight excluding hydrogens is 599 g/mol. The fourth-order valence-corrected chi connectivity index (χ4v) is 6.37. The van der Waals surface area contributed by atoms with E-state index in [0.717, 1.165) is 27.6 Å². The number of thiophene rings is 1. The van der Waals surface area contributed by atoms with Gasteiger partial charge in [-0.15, -0.1) is 23.1 Å². The number of rotatable bonds is 10. The highest BCUT2D eigenvalue weighted by Gasteiger charge is 2.25. The van der Waals surface area contributed by atoms with Crippen molar-refractivity contribution in [3.63, 3.8) is 0 Å². The Labute approximate surface area is 263 Å². The third kappa shape index (κ3) is 8.29. The van der Waals surface area contributed by atoms with E-state index in [0.29, 0.717) is 38.2 Å². The van der Waals surface area contributed by atoms with Crippen molar-refractivity contribution < 1.29 is 14.4 Å². The number of nitrogens with zero attached hydrogens (tertiary/aromatic N) is 1. The summed E-state index contributed by atoms with van der Waals surface area (Å²) < 4.78 is 0. The zero-order valence-corrected chi connectivity index (χ0v) is 26.1. The molecule has 1 heterocycles. The third-order valence-electron chi connectivity index (χ3n) is 6.32. The van der Waals surface area contributed by atoms with Gasteiger partial charge in [0.2, 0.25) is 5.91 Å². The molecule has 43 heavy (non-hydrogen) atoms. The second kappa shape index (κ2) is 14.6. The third-order valence-corrected chi connectivity index (χ3v) is 9.08. The number of hydrogen-bond acceptors (Lipinski definition) is 7. The number of nitriles is 1. The molecule has 4 rings (SSSR count). The molecule has 8 nitrogen and oxygen atoms in total. The summed E-state index contributed by atoms with van der Waals surface area (Å²) in [6, 6.07) is 25.8. The van der Waals surface area contributed by atoms with Gasteiger partial charge < -0.3 is 21.3 Å². The van der Waals surface area contributed by atoms with Gasteiger partial charge in [-0.2, -0.15) is 5.26 Å². The van der Waals surface area contributed by atoms with Crippen molar-refractivity contribution >= 4 is 80.1 Å². The van der Waals surface area contributed by atoms with Crippen molar-refractivity contribution in [3.8, 4) is 6.07 Å². The van der Waals surface area contributed by atoms with Gasteiger partial charge >= 0.3 is 0 Å². The van der Waals surface area contributed by atoms with Crippen LogP contribution in [-0.4, -0.2) is 28.0 Å². The summed E-state index contributed by atoms with van der Waals surface area (Å²) >= 11 is 7.93. The van der Waals surface area contributed by atoms with Gasteiger partial charge in [0.05, 0.1) is 15.7 Å². The number of nitrogens with one attached hydrogen (secondary N) is 4. The molecule has 1 atom stereocenters. The van der Waals surface area contributed by atoms with E-state index < -0.39 is 5.25 Å². The van der Waals surface area contributed by atoms with Crippen LogP contribution < -0.4 is 21.3 Å². The van der Waals surface area contributed by atoms with E-state index in [9.17, 15) is 19.6 Å². The van der Waals surface area contributed by atoms with Crippen molar-refractivity contribution in [2.24, 2.45) is 0 Å². The molecule has 2 amide bonds. The zero-order chi connectivity index (χ0) is 30.9. The lowest BCUT2D eigenvalue weighted by molar-refractivity contribution is -0.115. The molecule has 0 saturated heterocycles. The highest BCUT2D eigenvalue weighted by Crippen LogP contribution is 2.35. The Bertz CT molecular complexity index is 1700. The smallest absolute Gasteiger partial charge is 0.266 e. The van der Waals surface area contributed by atoms with Crippen LogP contribution in [0.4, 0.5) is 22.1 Å². The normalized spacial score (nSPS) is 11.1. The lowest BCUT2D eigenvalue weighted by Gasteiger charge is -2.16. The first-order chi connectivity index (χ1) is 20.7. The molecule has 0 radical (unpaired) electrons. The fraction of sp³-hybridized carbons (Fsp3) is 0.156. The number of amides is 2. The van der Waals surface area contributed by atoms with Crippen LogP contribution in [0.25, 0.3) is 0 Å². The number of thioether (sulfide) groups is 1. The highest BCUT2D eigenvalue weighted by atomic mass is 32.2. The summed E-state index contributed by atoms with van der Waals surface area (Å²) in [6.07, 6.45) is 0.540. The average Bonchev–Trinajstić information content (AvgIpc) is 3.31. The van der Waals surface area contributed by atoms with Crippen LogP contribution in [0.1, 0.15) is 51.4 Å². The maximum atomic E-state index is 13.3. The van der Waals surface area contributed by atoms with E-state index in [2.05, 4.69) is 27.3 Å². The van der Waals surface area contributed by atoms with Gasteiger partial charge in [0.1, 0.15) is 11.1 Å². The van der Waals surface area contributed by atoms with E-state index in [1.165, 1.54) is 18.7 Å². The molecule has 0 saturated carbocycles. The van der Waals surface area contributed by atoms with E-state index in [-0.39, 0.29) is 23.2 Å². The minimum Gasteiger partial charge on any atom is -0.332 e. The van der Waals surface area contributed by atoms with Gasteiger partial charge in [0, 0.05) is 27.5 Å². The number of ketones is 1. The van der Waals surface area contributed by atoms with Crippen molar-refractivity contribution in [2.45, 2.75) is 37.3 Å². The Morgan fingerprint density at radius 3 is 2.21 bits per heavy atom. The van der Waals surface area contributed by atoms with Gasteiger partial charge in [-0.3, -0.25) is 14.4 Å². The van der Waals surface area contributed by atoms with E-state index in [1.54, 1.807) is 43.3 Å². The van der Waals surface area contributed by atoms with Crippen LogP contribution in [0, 0.1) is 18.3 Å². The standard InChI is InChI=1S/C32H29N5O3S3/c1-4-27(29(39)37-31-26(18-33)19(2)28(43-31)30(40)34-22-9-6-5-7-10-22)42-25-12-8-11-24(17-25)36-32(41)35-23-15-13-21(14-16-23)20(3)38/h5-17,27H,4H2,1-3H3,(H,34,40)(H,37,39)(H2,35,36,41). The number of hydrogen-bond donors (Lipinski definition) is 4. The van der Waals surface area contributed by atoms with Crippen LogP contribution in [0.15, 0.2) is 83.8 Å². The lowest BCUT2D eigenvalue weighted by Crippen LogP contribution is -2.24. The highest BCUT2D eigenvalue weighted by molar-refractivity contribution is 8.00. The molecule has 4 N–H and O–H groups in total. The monoisotopic (exact) mass is 627 g/mol. The topological polar surface area (TPSA) is 123 Å². The van der Waals surface area contributed by atoms with Crippen molar-refractivity contribution in [1.29, 1.82) is 5.26 Å². The quantitative estimate of drug-likeness (QED) is 0.0801. The van der Waals surface area contributed by atoms with Crippen LogP contribution in [-0.2, 0) is 4.79 Å². The molecule has 11 heteroatoms. The summed E-state index contributed by atoms with van der Waals surface area (Å²) in [6.45, 7) is 5.14. The van der Waals surface area contributed by atoms with Crippen LogP contribution in [0.2, 0.25) is 0 Å². The number of anilines is 4. The maximum Gasteiger partial charge on any atom is 0.266 e. The first-order valence-electron chi connectivity index (χ1n) is 13.3. The minimum atomic E-state index is -0.448. The molecule has 0 spiro atoms. The van der Waals surface area contributed by atoms with Gasteiger partial charge in [-0.05, 0) is 92.6 Å². The molecule has 3 aromatic carbocycles. The van der Waals surface area contributed by atoms with Crippen molar-refractivity contribution in [2.75, 3.05) is 21.3 Å². The average molecular weight is 628 g/mol. The summed E-state index contributed by atoms with van der Waals surface area (Å²) in [5.41, 5.74) is 3.55. The molecule has 0 bridgehead atoms. The van der Waals surface area contributed by atoms with E-state index in [4.69, 9.17) is 12.2 Å². The second-order valence-corrected chi connectivity index (χ2v) is 12.1. The molecular formula is C32H29N5O3S3. The van der Waals surface area contributed by atoms with Crippen molar-refractivity contribution in [1.82, 2.24) is 0 Å².